The molecule has 2 aromatic carbocycles. The number of hydrogen-bond acceptors (Lipinski definition) is 6. The monoisotopic (exact) mass is 447 g/mol. The number of halogens is 1. The van der Waals surface area contributed by atoms with Gasteiger partial charge in [-0.25, -0.2) is 9.37 Å². The second kappa shape index (κ2) is 9.04. The summed E-state index contributed by atoms with van der Waals surface area (Å²) in [5, 5.41) is 9.12. The molecule has 0 aliphatic carbocycles. The summed E-state index contributed by atoms with van der Waals surface area (Å²) >= 11 is 0. The van der Waals surface area contributed by atoms with Crippen LogP contribution < -0.4 is 20.9 Å². The number of nitrogens with zero attached hydrogens (tertiary/aromatic N) is 4. The number of anilines is 1. The molecular weight excluding hydrogens is 421 g/mol. The molecule has 0 atom stereocenters. The van der Waals surface area contributed by atoms with Crippen LogP contribution in [0.25, 0.3) is 22.4 Å². The number of nitrogens with two attached hydrogens (primary N) is 1. The highest BCUT2D eigenvalue weighted by Crippen LogP contribution is 2.33. The summed E-state index contributed by atoms with van der Waals surface area (Å²) in [6.07, 6.45) is 1.60. The van der Waals surface area contributed by atoms with Gasteiger partial charge in [0.05, 0.1) is 23.9 Å². The van der Waals surface area contributed by atoms with E-state index in [-0.39, 0.29) is 17.2 Å². The van der Waals surface area contributed by atoms with Crippen molar-refractivity contribution < 1.29 is 9.13 Å². The molecule has 4 rings (SSSR count). The van der Waals surface area contributed by atoms with E-state index in [1.807, 2.05) is 24.0 Å². The van der Waals surface area contributed by atoms with Crippen LogP contribution in [0.3, 0.4) is 0 Å². The Morgan fingerprint density at radius 1 is 1.18 bits per heavy atom. The van der Waals surface area contributed by atoms with Crippen LogP contribution in [0.5, 0.6) is 5.75 Å². The van der Waals surface area contributed by atoms with E-state index in [0.717, 1.165) is 18.4 Å². The Hall–Kier alpha value is -3.70. The number of aromatic nitrogens is 2. The molecule has 0 spiro atoms. The highest BCUT2D eigenvalue weighted by atomic mass is 19.1. The van der Waals surface area contributed by atoms with Crippen molar-refractivity contribution >= 4 is 5.95 Å². The lowest BCUT2D eigenvalue weighted by Crippen LogP contribution is -2.42. The van der Waals surface area contributed by atoms with Crippen molar-refractivity contribution in [1.29, 1.82) is 5.26 Å². The maximum Gasteiger partial charge on any atom is 0.263 e. The summed E-state index contributed by atoms with van der Waals surface area (Å²) in [7, 11) is 3.29. The average molecular weight is 448 g/mol. The van der Waals surface area contributed by atoms with Crippen LogP contribution >= 0.6 is 0 Å². The molecule has 170 valence electrons. The van der Waals surface area contributed by atoms with E-state index in [9.17, 15) is 9.18 Å². The van der Waals surface area contributed by atoms with E-state index in [2.05, 4.69) is 0 Å². The zero-order valence-corrected chi connectivity index (χ0v) is 18.9. The van der Waals surface area contributed by atoms with Crippen LogP contribution in [-0.2, 0) is 7.05 Å². The van der Waals surface area contributed by atoms with Crippen molar-refractivity contribution in [2.45, 2.75) is 25.8 Å². The van der Waals surface area contributed by atoms with Crippen molar-refractivity contribution in [3.63, 3.8) is 0 Å². The quantitative estimate of drug-likeness (QED) is 0.659. The second-order valence-electron chi connectivity index (χ2n) is 8.31. The van der Waals surface area contributed by atoms with Crippen molar-refractivity contribution in [3.05, 3.63) is 63.7 Å². The minimum Gasteiger partial charge on any atom is -0.496 e. The lowest BCUT2D eigenvalue weighted by molar-refractivity contribution is 0.412. The van der Waals surface area contributed by atoms with Crippen LogP contribution in [0.15, 0.2) is 41.2 Å². The van der Waals surface area contributed by atoms with Crippen LogP contribution in [0, 0.1) is 24.1 Å². The Kier molecular flexibility index (Phi) is 6.16. The average Bonchev–Trinajstić information content (AvgIpc) is 2.81. The molecule has 1 saturated heterocycles. The molecule has 1 fully saturated rings. The summed E-state index contributed by atoms with van der Waals surface area (Å²) in [5.74, 6) is 0.566. The number of hydrogen-bond donors (Lipinski definition) is 1. The smallest absolute Gasteiger partial charge is 0.263 e. The number of piperidine rings is 1. The van der Waals surface area contributed by atoms with Gasteiger partial charge in [0, 0.05) is 31.7 Å². The van der Waals surface area contributed by atoms with Crippen LogP contribution in [0.2, 0.25) is 0 Å². The van der Waals surface area contributed by atoms with Gasteiger partial charge < -0.3 is 15.4 Å². The van der Waals surface area contributed by atoms with E-state index >= 15 is 0 Å². The number of nitriles is 1. The molecule has 8 heteroatoms. The molecule has 0 saturated carbocycles. The van der Waals surface area contributed by atoms with Crippen molar-refractivity contribution in [2.24, 2.45) is 12.8 Å². The van der Waals surface area contributed by atoms with Crippen LogP contribution in [0.4, 0.5) is 10.3 Å². The molecular formula is C25H26FN5O2. The summed E-state index contributed by atoms with van der Waals surface area (Å²) in [6.45, 7) is 3.26. The van der Waals surface area contributed by atoms with Crippen LogP contribution in [0.1, 0.15) is 24.0 Å². The van der Waals surface area contributed by atoms with E-state index in [0.29, 0.717) is 47.2 Å². The first-order valence-electron chi connectivity index (χ1n) is 10.8. The van der Waals surface area contributed by atoms with Gasteiger partial charge in [0.25, 0.3) is 5.56 Å². The highest BCUT2D eigenvalue weighted by Gasteiger charge is 2.24. The van der Waals surface area contributed by atoms with Gasteiger partial charge in [0.1, 0.15) is 17.6 Å². The lowest BCUT2D eigenvalue weighted by Gasteiger charge is -2.32. The number of aryl methyl sites for hydroxylation is 1. The fourth-order valence-electron chi connectivity index (χ4n) is 4.23. The third-order valence-electron chi connectivity index (χ3n) is 6.14. The molecule has 33 heavy (non-hydrogen) atoms. The van der Waals surface area contributed by atoms with E-state index in [1.165, 1.54) is 16.7 Å². The number of benzene rings is 2. The SMILES string of the molecule is COc1ccc(-c2c(-c3ccc(C#N)c(F)c3)nc(N3CCC(N)CC3)n(C)c2=O)cc1C. The first-order chi connectivity index (χ1) is 15.8. The fraction of sp³-hybridized carbons (Fsp3) is 0.320. The van der Waals surface area contributed by atoms with Gasteiger partial charge in [0.15, 0.2) is 0 Å². The van der Waals surface area contributed by atoms with Gasteiger partial charge in [-0.3, -0.25) is 9.36 Å². The van der Waals surface area contributed by atoms with Gasteiger partial charge in [-0.15, -0.1) is 0 Å². The van der Waals surface area contributed by atoms with Crippen molar-refractivity contribution in [1.82, 2.24) is 9.55 Å². The largest absolute Gasteiger partial charge is 0.496 e. The first-order valence-corrected chi connectivity index (χ1v) is 10.8. The summed E-state index contributed by atoms with van der Waals surface area (Å²) in [4.78, 5) is 20.6. The molecule has 2 N–H and O–H groups in total. The third-order valence-corrected chi connectivity index (χ3v) is 6.14. The topological polar surface area (TPSA) is 97.2 Å². The lowest BCUT2D eigenvalue weighted by atomic mass is 9.98. The molecule has 1 aliphatic rings. The number of ether oxygens (including phenoxy) is 1. The Morgan fingerprint density at radius 2 is 1.88 bits per heavy atom. The summed E-state index contributed by atoms with van der Waals surface area (Å²) < 4.78 is 21.4. The maximum absolute atomic E-state index is 14.5. The van der Waals surface area contributed by atoms with Gasteiger partial charge in [-0.1, -0.05) is 12.1 Å². The Labute approximate surface area is 191 Å². The fourth-order valence-corrected chi connectivity index (χ4v) is 4.23. The van der Waals surface area contributed by atoms with Crippen molar-refractivity contribution in [3.8, 4) is 34.2 Å². The highest BCUT2D eigenvalue weighted by molar-refractivity contribution is 5.82. The second-order valence-corrected chi connectivity index (χ2v) is 8.31. The molecule has 2 heterocycles. The number of rotatable bonds is 4. The van der Waals surface area contributed by atoms with Gasteiger partial charge in [-0.2, -0.15) is 5.26 Å². The number of methoxy groups -OCH3 is 1. The van der Waals surface area contributed by atoms with E-state index < -0.39 is 5.82 Å². The first kappa shape index (κ1) is 22.5. The van der Waals surface area contributed by atoms with Crippen molar-refractivity contribution in [2.75, 3.05) is 25.1 Å². The maximum atomic E-state index is 14.5. The van der Waals surface area contributed by atoms with Gasteiger partial charge in [-0.05, 0) is 55.2 Å². The zero-order valence-electron chi connectivity index (χ0n) is 18.9. The zero-order chi connectivity index (χ0) is 23.7. The summed E-state index contributed by atoms with van der Waals surface area (Å²) in [6, 6.07) is 11.7. The Bertz CT molecular complexity index is 1300. The Morgan fingerprint density at radius 3 is 2.48 bits per heavy atom. The molecule has 0 unspecified atom stereocenters. The minimum atomic E-state index is -0.653. The van der Waals surface area contributed by atoms with Crippen LogP contribution in [-0.4, -0.2) is 35.8 Å². The molecule has 7 nitrogen and oxygen atoms in total. The van der Waals surface area contributed by atoms with Gasteiger partial charge in [0.2, 0.25) is 5.95 Å². The molecule has 1 aliphatic heterocycles. The minimum absolute atomic E-state index is 0.0605. The summed E-state index contributed by atoms with van der Waals surface area (Å²) in [5.41, 5.74) is 8.45. The predicted octanol–water partition coefficient (Wildman–Crippen LogP) is 3.37. The normalized spacial score (nSPS) is 14.2. The van der Waals surface area contributed by atoms with E-state index in [4.69, 9.17) is 20.7 Å². The standard InChI is InChI=1S/C25H26FN5O2/c1-15-12-16(6-7-21(15)33-3)22-23(17-4-5-18(14-27)20(26)13-17)29-25(30(2)24(22)32)31-10-8-19(28)9-11-31/h4-7,12-13,19H,8-11,28H2,1-3H3. The Balaban J connectivity index is 1.96. The molecule has 0 radical (unpaired) electrons. The molecule has 0 amide bonds. The molecule has 1 aromatic heterocycles. The van der Waals surface area contributed by atoms with E-state index in [1.54, 1.807) is 32.4 Å². The third kappa shape index (κ3) is 4.20. The molecule has 0 bridgehead atoms. The van der Waals surface area contributed by atoms with Gasteiger partial charge >= 0.3 is 0 Å². The predicted molar refractivity (Wildman–Crippen MR) is 126 cm³/mol. The molecule has 3 aromatic rings.